The van der Waals surface area contributed by atoms with Crippen LogP contribution in [0.25, 0.3) is 0 Å². The first kappa shape index (κ1) is 15.3. The molecule has 0 aliphatic carbocycles. The Hall–Kier alpha value is -2.08. The normalized spacial score (nSPS) is 10.1. The zero-order valence-corrected chi connectivity index (χ0v) is 13.0. The van der Waals surface area contributed by atoms with E-state index in [2.05, 4.69) is 21.2 Å². The number of hydrogen-bond donors (Lipinski definition) is 1. The minimum Gasteiger partial charge on any atom is -0.497 e. The van der Waals surface area contributed by atoms with E-state index in [1.54, 1.807) is 18.2 Å². The van der Waals surface area contributed by atoms with E-state index in [9.17, 15) is 9.18 Å². The molecule has 1 N–H and O–H groups in total. The fourth-order valence-corrected chi connectivity index (χ4v) is 2.22. The predicted molar refractivity (Wildman–Crippen MR) is 81.6 cm³/mol. The molecule has 0 bridgehead atoms. The van der Waals surface area contributed by atoms with E-state index in [0.29, 0.717) is 17.2 Å². The zero-order valence-electron chi connectivity index (χ0n) is 11.4. The highest BCUT2D eigenvalue weighted by Gasteiger charge is 2.15. The van der Waals surface area contributed by atoms with Gasteiger partial charge in [0.05, 0.1) is 29.9 Å². The summed E-state index contributed by atoms with van der Waals surface area (Å²) in [6, 6.07) is 9.28. The Kier molecular flexibility index (Phi) is 4.80. The topological polar surface area (TPSA) is 47.6 Å². The molecule has 0 aliphatic heterocycles. The number of ether oxygens (including phenoxy) is 2. The number of carbonyl (C=O) groups is 1. The number of nitrogens with one attached hydrogen (secondary N) is 1. The Morgan fingerprint density at radius 1 is 1.19 bits per heavy atom. The molecule has 2 aromatic rings. The highest BCUT2D eigenvalue weighted by Crippen LogP contribution is 2.30. The third-order valence-corrected chi connectivity index (χ3v) is 3.66. The average molecular weight is 354 g/mol. The number of benzene rings is 2. The van der Waals surface area contributed by atoms with Crippen molar-refractivity contribution in [3.05, 3.63) is 52.3 Å². The molecule has 0 aromatic heterocycles. The maximum absolute atomic E-state index is 13.5. The van der Waals surface area contributed by atoms with Crippen molar-refractivity contribution in [3.8, 4) is 11.5 Å². The summed E-state index contributed by atoms with van der Waals surface area (Å²) in [5, 5.41) is 2.68. The van der Waals surface area contributed by atoms with Gasteiger partial charge in [0.1, 0.15) is 17.3 Å². The zero-order chi connectivity index (χ0) is 15.4. The van der Waals surface area contributed by atoms with Gasteiger partial charge in [-0.25, -0.2) is 4.39 Å². The molecule has 0 radical (unpaired) electrons. The lowest BCUT2D eigenvalue weighted by Gasteiger charge is -2.12. The van der Waals surface area contributed by atoms with Crippen LogP contribution in [0.2, 0.25) is 0 Å². The molecule has 6 heteroatoms. The van der Waals surface area contributed by atoms with E-state index in [0.717, 1.165) is 0 Å². The van der Waals surface area contributed by atoms with Gasteiger partial charge < -0.3 is 14.8 Å². The summed E-state index contributed by atoms with van der Waals surface area (Å²) < 4.78 is 23.9. The molecule has 0 heterocycles. The molecule has 0 unspecified atom stereocenters. The largest absolute Gasteiger partial charge is 0.497 e. The highest BCUT2D eigenvalue weighted by atomic mass is 79.9. The second kappa shape index (κ2) is 6.58. The summed E-state index contributed by atoms with van der Waals surface area (Å²) in [6.45, 7) is 0. The van der Waals surface area contributed by atoms with Gasteiger partial charge in [-0.3, -0.25) is 4.79 Å². The molecule has 1 amide bonds. The van der Waals surface area contributed by atoms with Crippen LogP contribution < -0.4 is 14.8 Å². The van der Waals surface area contributed by atoms with Crippen LogP contribution in [0.3, 0.4) is 0 Å². The Bertz CT molecular complexity index is 676. The molecule has 0 saturated carbocycles. The van der Waals surface area contributed by atoms with E-state index < -0.39 is 11.7 Å². The smallest absolute Gasteiger partial charge is 0.257 e. The molecule has 2 rings (SSSR count). The molecule has 2 aromatic carbocycles. The molecule has 0 fully saturated rings. The number of carbonyl (C=O) groups excluding carboxylic acids is 1. The van der Waals surface area contributed by atoms with Crippen LogP contribution in [-0.4, -0.2) is 20.1 Å². The monoisotopic (exact) mass is 353 g/mol. The summed E-state index contributed by atoms with van der Waals surface area (Å²) in [4.78, 5) is 12.3. The van der Waals surface area contributed by atoms with Gasteiger partial charge in [0.25, 0.3) is 5.91 Å². The van der Waals surface area contributed by atoms with Crippen LogP contribution in [0.5, 0.6) is 11.5 Å². The molecule has 21 heavy (non-hydrogen) atoms. The van der Waals surface area contributed by atoms with Gasteiger partial charge >= 0.3 is 0 Å². The second-order valence-electron chi connectivity index (χ2n) is 4.12. The van der Waals surface area contributed by atoms with Gasteiger partial charge in [0.15, 0.2) is 0 Å². The fourth-order valence-electron chi connectivity index (χ4n) is 1.78. The van der Waals surface area contributed by atoms with Crippen molar-refractivity contribution in [2.24, 2.45) is 0 Å². The summed E-state index contributed by atoms with van der Waals surface area (Å²) in [7, 11) is 3.02. The standard InChI is InChI=1S/C15H13BrFNO3/c1-20-9-6-7-13(21-2)12(8-9)18-15(19)10-4-3-5-11(17)14(10)16/h3-8H,1-2H3,(H,18,19). The highest BCUT2D eigenvalue weighted by molar-refractivity contribution is 9.10. The number of rotatable bonds is 4. The Balaban J connectivity index is 2.33. The van der Waals surface area contributed by atoms with Crippen LogP contribution in [0, 0.1) is 5.82 Å². The van der Waals surface area contributed by atoms with Crippen LogP contribution >= 0.6 is 15.9 Å². The molecule has 110 valence electrons. The minimum atomic E-state index is -0.500. The summed E-state index contributed by atoms with van der Waals surface area (Å²) in [5.74, 6) is 0.106. The maximum atomic E-state index is 13.5. The average Bonchev–Trinajstić information content (AvgIpc) is 2.49. The number of amides is 1. The first-order valence-corrected chi connectivity index (χ1v) is 6.83. The van der Waals surface area contributed by atoms with E-state index >= 15 is 0 Å². The van der Waals surface area contributed by atoms with E-state index in [1.165, 1.54) is 32.4 Å². The number of methoxy groups -OCH3 is 2. The van der Waals surface area contributed by atoms with Gasteiger partial charge in [0.2, 0.25) is 0 Å². The summed E-state index contributed by atoms with van der Waals surface area (Å²) in [5.41, 5.74) is 0.637. The van der Waals surface area contributed by atoms with Crippen molar-refractivity contribution in [2.75, 3.05) is 19.5 Å². The number of anilines is 1. The Labute approximate surface area is 130 Å². The van der Waals surface area contributed by atoms with Crippen LogP contribution in [0.4, 0.5) is 10.1 Å². The number of hydrogen-bond acceptors (Lipinski definition) is 3. The molecule has 0 atom stereocenters. The summed E-state index contributed by atoms with van der Waals surface area (Å²) in [6.07, 6.45) is 0. The van der Waals surface area contributed by atoms with Crippen molar-refractivity contribution in [1.29, 1.82) is 0 Å². The summed E-state index contributed by atoms with van der Waals surface area (Å²) >= 11 is 3.07. The van der Waals surface area contributed by atoms with Crippen molar-refractivity contribution in [1.82, 2.24) is 0 Å². The van der Waals surface area contributed by atoms with E-state index in [4.69, 9.17) is 9.47 Å². The van der Waals surface area contributed by atoms with Crippen LogP contribution in [0.15, 0.2) is 40.9 Å². The van der Waals surface area contributed by atoms with Crippen LogP contribution in [-0.2, 0) is 0 Å². The first-order chi connectivity index (χ1) is 10.1. The molecular weight excluding hydrogens is 341 g/mol. The number of halogens is 2. The maximum Gasteiger partial charge on any atom is 0.257 e. The SMILES string of the molecule is COc1ccc(OC)c(NC(=O)c2cccc(F)c2Br)c1. The fraction of sp³-hybridized carbons (Fsp3) is 0.133. The second-order valence-corrected chi connectivity index (χ2v) is 4.91. The van der Waals surface area contributed by atoms with E-state index in [-0.39, 0.29) is 10.0 Å². The molecule has 4 nitrogen and oxygen atoms in total. The van der Waals surface area contributed by atoms with Gasteiger partial charge in [-0.2, -0.15) is 0 Å². The lowest BCUT2D eigenvalue weighted by molar-refractivity contribution is 0.102. The van der Waals surface area contributed by atoms with Gasteiger partial charge in [-0.05, 0) is 40.2 Å². The third-order valence-electron chi connectivity index (χ3n) is 2.85. The quantitative estimate of drug-likeness (QED) is 0.907. The lowest BCUT2D eigenvalue weighted by Crippen LogP contribution is -2.14. The van der Waals surface area contributed by atoms with Gasteiger partial charge in [-0.15, -0.1) is 0 Å². The van der Waals surface area contributed by atoms with Crippen molar-refractivity contribution in [3.63, 3.8) is 0 Å². The predicted octanol–water partition coefficient (Wildman–Crippen LogP) is 3.86. The lowest BCUT2D eigenvalue weighted by atomic mass is 10.2. The van der Waals surface area contributed by atoms with Crippen LogP contribution in [0.1, 0.15) is 10.4 Å². The third kappa shape index (κ3) is 3.33. The van der Waals surface area contributed by atoms with Gasteiger partial charge in [0, 0.05) is 6.07 Å². The Morgan fingerprint density at radius 2 is 1.95 bits per heavy atom. The molecular formula is C15H13BrFNO3. The van der Waals surface area contributed by atoms with E-state index in [1.807, 2.05) is 0 Å². The molecule has 0 saturated heterocycles. The first-order valence-electron chi connectivity index (χ1n) is 6.04. The molecule has 0 aliphatic rings. The van der Waals surface area contributed by atoms with Crippen molar-refractivity contribution >= 4 is 27.5 Å². The minimum absolute atomic E-state index is 0.115. The molecule has 0 spiro atoms. The van der Waals surface area contributed by atoms with Crippen molar-refractivity contribution < 1.29 is 18.7 Å². The van der Waals surface area contributed by atoms with Crippen molar-refractivity contribution in [2.45, 2.75) is 0 Å². The Morgan fingerprint density at radius 3 is 2.62 bits per heavy atom. The van der Waals surface area contributed by atoms with Gasteiger partial charge in [-0.1, -0.05) is 6.07 Å².